The van der Waals surface area contributed by atoms with Gasteiger partial charge in [-0.2, -0.15) is 4.68 Å². The fraction of sp³-hybridized carbons (Fsp3) is 0.130. The zero-order chi connectivity index (χ0) is 20.8. The molecule has 30 heavy (non-hydrogen) atoms. The molecule has 0 unspecified atom stereocenters. The highest BCUT2D eigenvalue weighted by atomic mass is 32.2. The first-order valence-electron chi connectivity index (χ1n) is 9.57. The van der Waals surface area contributed by atoms with Crippen molar-refractivity contribution in [2.24, 2.45) is 0 Å². The van der Waals surface area contributed by atoms with Crippen molar-refractivity contribution >= 4 is 23.4 Å². The van der Waals surface area contributed by atoms with Crippen molar-refractivity contribution in [3.05, 3.63) is 96.1 Å². The molecule has 0 spiro atoms. The van der Waals surface area contributed by atoms with E-state index in [2.05, 4.69) is 45.1 Å². The van der Waals surface area contributed by atoms with Crippen LogP contribution in [0.4, 0.5) is 5.69 Å². The summed E-state index contributed by atoms with van der Waals surface area (Å²) < 4.78 is 1.65. The molecule has 0 saturated carbocycles. The van der Waals surface area contributed by atoms with Crippen molar-refractivity contribution in [1.29, 1.82) is 0 Å². The predicted octanol–water partition coefficient (Wildman–Crippen LogP) is 4.54. The molecule has 6 nitrogen and oxygen atoms in total. The van der Waals surface area contributed by atoms with Crippen molar-refractivity contribution in [3.8, 4) is 5.69 Å². The Kier molecular flexibility index (Phi) is 6.20. The van der Waals surface area contributed by atoms with Gasteiger partial charge in [-0.3, -0.25) is 4.79 Å². The SMILES string of the molecule is CSc1nnnn1-c1cccc(NC(=O)CC(c2ccccc2)c2ccccc2)c1. The fourth-order valence-electron chi connectivity index (χ4n) is 3.38. The number of nitrogens with one attached hydrogen (secondary N) is 1. The maximum Gasteiger partial charge on any atom is 0.225 e. The van der Waals surface area contributed by atoms with Crippen LogP contribution < -0.4 is 5.32 Å². The molecule has 0 aliphatic rings. The molecular weight excluding hydrogens is 394 g/mol. The Labute approximate surface area is 179 Å². The van der Waals surface area contributed by atoms with E-state index in [0.29, 0.717) is 17.3 Å². The van der Waals surface area contributed by atoms with E-state index < -0.39 is 0 Å². The minimum atomic E-state index is -0.0494. The Hall–Kier alpha value is -3.45. The van der Waals surface area contributed by atoms with Gasteiger partial charge in [-0.1, -0.05) is 78.5 Å². The summed E-state index contributed by atoms with van der Waals surface area (Å²) in [6, 6.07) is 27.7. The summed E-state index contributed by atoms with van der Waals surface area (Å²) in [6.45, 7) is 0. The lowest BCUT2D eigenvalue weighted by molar-refractivity contribution is -0.116. The number of aromatic nitrogens is 4. The third-order valence-electron chi connectivity index (χ3n) is 4.79. The molecule has 0 atom stereocenters. The third kappa shape index (κ3) is 4.58. The van der Waals surface area contributed by atoms with Gasteiger partial charge in [-0.25, -0.2) is 0 Å². The Morgan fingerprint density at radius 3 is 2.27 bits per heavy atom. The number of carbonyl (C=O) groups excluding carboxylic acids is 1. The molecule has 0 fully saturated rings. The first-order valence-corrected chi connectivity index (χ1v) is 10.8. The van der Waals surface area contributed by atoms with Crippen molar-refractivity contribution < 1.29 is 4.79 Å². The van der Waals surface area contributed by atoms with Crippen molar-refractivity contribution in [2.45, 2.75) is 17.5 Å². The second kappa shape index (κ2) is 9.37. The summed E-state index contributed by atoms with van der Waals surface area (Å²) in [5, 5.41) is 15.4. The number of benzene rings is 3. The number of hydrogen-bond donors (Lipinski definition) is 1. The Morgan fingerprint density at radius 2 is 1.63 bits per heavy atom. The van der Waals surface area contributed by atoms with Crippen LogP contribution >= 0.6 is 11.8 Å². The van der Waals surface area contributed by atoms with Gasteiger partial charge in [0.2, 0.25) is 11.1 Å². The molecule has 0 bridgehead atoms. The number of thioether (sulfide) groups is 1. The van der Waals surface area contributed by atoms with Gasteiger partial charge in [0.15, 0.2) is 0 Å². The summed E-state index contributed by atoms with van der Waals surface area (Å²) in [5.74, 6) is -0.0650. The Morgan fingerprint density at radius 1 is 0.967 bits per heavy atom. The van der Waals surface area contributed by atoms with E-state index >= 15 is 0 Å². The highest BCUT2D eigenvalue weighted by Gasteiger charge is 2.18. The average molecular weight is 416 g/mol. The first-order chi connectivity index (χ1) is 14.7. The molecule has 1 heterocycles. The normalized spacial score (nSPS) is 10.9. The Balaban J connectivity index is 1.54. The van der Waals surface area contributed by atoms with Gasteiger partial charge in [0.25, 0.3) is 0 Å². The molecule has 0 radical (unpaired) electrons. The largest absolute Gasteiger partial charge is 0.326 e. The van der Waals surface area contributed by atoms with Gasteiger partial charge in [0, 0.05) is 18.0 Å². The molecule has 4 rings (SSSR count). The lowest BCUT2D eigenvalue weighted by Crippen LogP contribution is -2.16. The van der Waals surface area contributed by atoms with Gasteiger partial charge in [-0.05, 0) is 46.0 Å². The molecule has 150 valence electrons. The molecule has 1 amide bonds. The summed E-state index contributed by atoms with van der Waals surface area (Å²) in [5.41, 5.74) is 3.74. The zero-order valence-corrected chi connectivity index (χ0v) is 17.3. The van der Waals surface area contributed by atoms with Crippen molar-refractivity contribution in [3.63, 3.8) is 0 Å². The van der Waals surface area contributed by atoms with Gasteiger partial charge in [0.05, 0.1) is 5.69 Å². The average Bonchev–Trinajstić information content (AvgIpc) is 3.28. The molecule has 0 aliphatic heterocycles. The van der Waals surface area contributed by atoms with Crippen LogP contribution in [0.2, 0.25) is 0 Å². The second-order valence-electron chi connectivity index (χ2n) is 6.75. The minimum Gasteiger partial charge on any atom is -0.326 e. The van der Waals surface area contributed by atoms with Crippen molar-refractivity contribution in [1.82, 2.24) is 20.2 Å². The molecule has 1 aromatic heterocycles. The molecular formula is C23H21N5OS. The van der Waals surface area contributed by atoms with E-state index in [1.807, 2.05) is 66.9 Å². The van der Waals surface area contributed by atoms with Crippen molar-refractivity contribution in [2.75, 3.05) is 11.6 Å². The van der Waals surface area contributed by atoms with Crippen LogP contribution in [0.1, 0.15) is 23.5 Å². The number of carbonyl (C=O) groups is 1. The van der Waals surface area contributed by atoms with Crippen LogP contribution in [0.3, 0.4) is 0 Å². The maximum absolute atomic E-state index is 12.9. The molecule has 7 heteroatoms. The van der Waals surface area contributed by atoms with E-state index in [1.54, 1.807) is 4.68 Å². The Bertz CT molecular complexity index is 1080. The first kappa shape index (κ1) is 19.8. The van der Waals surface area contributed by atoms with Crippen LogP contribution in [0.5, 0.6) is 0 Å². The number of nitrogens with zero attached hydrogens (tertiary/aromatic N) is 4. The summed E-state index contributed by atoms with van der Waals surface area (Å²) >= 11 is 1.46. The van der Waals surface area contributed by atoms with Gasteiger partial charge < -0.3 is 5.32 Å². The molecule has 1 N–H and O–H groups in total. The van der Waals surface area contributed by atoms with Crippen LogP contribution in [-0.4, -0.2) is 32.4 Å². The quantitative estimate of drug-likeness (QED) is 0.449. The van der Waals surface area contributed by atoms with Gasteiger partial charge in [0.1, 0.15) is 0 Å². The predicted molar refractivity (Wildman–Crippen MR) is 119 cm³/mol. The molecule has 4 aromatic rings. The molecule has 0 aliphatic carbocycles. The van der Waals surface area contributed by atoms with E-state index in [0.717, 1.165) is 16.8 Å². The summed E-state index contributed by atoms with van der Waals surface area (Å²) in [4.78, 5) is 12.9. The smallest absolute Gasteiger partial charge is 0.225 e. The van der Waals surface area contributed by atoms with Crippen LogP contribution in [0.25, 0.3) is 5.69 Å². The van der Waals surface area contributed by atoms with E-state index in [1.165, 1.54) is 11.8 Å². The highest BCUT2D eigenvalue weighted by Crippen LogP contribution is 2.28. The molecule has 3 aromatic carbocycles. The topological polar surface area (TPSA) is 72.7 Å². The van der Waals surface area contributed by atoms with Gasteiger partial charge >= 0.3 is 0 Å². The third-order valence-corrected chi connectivity index (χ3v) is 5.41. The van der Waals surface area contributed by atoms with Crippen LogP contribution in [0, 0.1) is 0 Å². The number of rotatable bonds is 7. The monoisotopic (exact) mass is 415 g/mol. The molecule has 0 saturated heterocycles. The maximum atomic E-state index is 12.9. The number of amides is 1. The van der Waals surface area contributed by atoms with Crippen LogP contribution in [0.15, 0.2) is 90.1 Å². The summed E-state index contributed by atoms with van der Waals surface area (Å²) in [7, 11) is 0. The number of hydrogen-bond acceptors (Lipinski definition) is 5. The van der Waals surface area contributed by atoms with E-state index in [-0.39, 0.29) is 11.8 Å². The summed E-state index contributed by atoms with van der Waals surface area (Å²) in [6.07, 6.45) is 2.26. The lowest BCUT2D eigenvalue weighted by atomic mass is 9.88. The lowest BCUT2D eigenvalue weighted by Gasteiger charge is -2.18. The van der Waals surface area contributed by atoms with Gasteiger partial charge in [-0.15, -0.1) is 5.10 Å². The zero-order valence-electron chi connectivity index (χ0n) is 16.5. The van der Waals surface area contributed by atoms with Crippen LogP contribution in [-0.2, 0) is 4.79 Å². The highest BCUT2D eigenvalue weighted by molar-refractivity contribution is 7.98. The van der Waals surface area contributed by atoms with E-state index in [4.69, 9.17) is 0 Å². The van der Waals surface area contributed by atoms with E-state index in [9.17, 15) is 4.79 Å². The fourth-order valence-corrected chi connectivity index (χ4v) is 3.81. The standard InChI is InChI=1S/C23H21N5OS/c1-30-23-25-26-27-28(23)20-14-8-13-19(15-20)24-22(29)16-21(17-9-4-2-5-10-17)18-11-6-3-7-12-18/h2-15,21H,16H2,1H3,(H,24,29). The minimum absolute atomic E-state index is 0.0156. The second-order valence-corrected chi connectivity index (χ2v) is 7.53. The number of anilines is 1. The number of tetrazole rings is 1.